The lowest BCUT2D eigenvalue weighted by atomic mass is 10.2. The van der Waals surface area contributed by atoms with Gasteiger partial charge in [0.1, 0.15) is 0 Å². The molecular formula is C11H11ClN2O2. The van der Waals surface area contributed by atoms with Crippen LogP contribution >= 0.6 is 11.6 Å². The maximum Gasteiger partial charge on any atom is 0.328 e. The summed E-state index contributed by atoms with van der Waals surface area (Å²) in [5.74, 6) is 0. The Morgan fingerprint density at radius 3 is 2.81 bits per heavy atom. The van der Waals surface area contributed by atoms with E-state index in [0.717, 1.165) is 6.42 Å². The number of hydrogen-bond acceptors (Lipinski definition) is 2. The number of rotatable bonds is 2. The summed E-state index contributed by atoms with van der Waals surface area (Å²) in [6, 6.07) is 4.85. The Bertz CT molecular complexity index is 642. The van der Waals surface area contributed by atoms with Crippen LogP contribution < -0.4 is 11.2 Å². The van der Waals surface area contributed by atoms with E-state index < -0.39 is 0 Å². The second kappa shape index (κ2) is 4.14. The zero-order valence-electron chi connectivity index (χ0n) is 8.79. The molecule has 84 valence electrons. The molecule has 0 saturated heterocycles. The number of aromatic nitrogens is 2. The minimum Gasteiger partial charge on any atom is -0.307 e. The molecule has 0 amide bonds. The summed E-state index contributed by atoms with van der Waals surface area (Å²) >= 11 is 5.79. The van der Waals surface area contributed by atoms with Crippen molar-refractivity contribution in [3.05, 3.63) is 44.1 Å². The van der Waals surface area contributed by atoms with Crippen molar-refractivity contribution < 1.29 is 0 Å². The van der Waals surface area contributed by atoms with Crippen LogP contribution in [0.2, 0.25) is 5.02 Å². The fraction of sp³-hybridized carbons (Fsp3) is 0.273. The van der Waals surface area contributed by atoms with E-state index in [2.05, 4.69) is 4.98 Å². The number of fused-ring (bicyclic) bond motifs is 1. The molecule has 0 radical (unpaired) electrons. The van der Waals surface area contributed by atoms with Gasteiger partial charge in [-0.1, -0.05) is 18.5 Å². The SMILES string of the molecule is CCCn1c(=O)[nH]c2cc(Cl)ccc2c1=O. The first kappa shape index (κ1) is 11.0. The van der Waals surface area contributed by atoms with E-state index >= 15 is 0 Å². The molecule has 0 atom stereocenters. The fourth-order valence-electron chi connectivity index (χ4n) is 1.65. The summed E-state index contributed by atoms with van der Waals surface area (Å²) in [6.07, 6.45) is 0.738. The third-order valence-electron chi connectivity index (χ3n) is 2.39. The second-order valence-corrected chi connectivity index (χ2v) is 4.01. The Morgan fingerprint density at radius 1 is 1.38 bits per heavy atom. The van der Waals surface area contributed by atoms with Gasteiger partial charge in [-0.05, 0) is 24.6 Å². The molecule has 0 bridgehead atoms. The summed E-state index contributed by atoms with van der Waals surface area (Å²) in [6.45, 7) is 2.34. The van der Waals surface area contributed by atoms with Gasteiger partial charge in [0, 0.05) is 11.6 Å². The number of nitrogens with one attached hydrogen (secondary N) is 1. The highest BCUT2D eigenvalue weighted by molar-refractivity contribution is 6.31. The maximum absolute atomic E-state index is 12.0. The standard InChI is InChI=1S/C11H11ClN2O2/c1-2-5-14-10(15)8-4-3-7(12)6-9(8)13-11(14)16/h3-4,6H,2,5H2,1H3,(H,13,16). The number of aromatic amines is 1. The van der Waals surface area contributed by atoms with E-state index in [1.165, 1.54) is 4.57 Å². The van der Waals surface area contributed by atoms with Crippen LogP contribution in [0.3, 0.4) is 0 Å². The summed E-state index contributed by atoms with van der Waals surface area (Å²) in [4.78, 5) is 26.2. The van der Waals surface area contributed by atoms with Crippen molar-refractivity contribution in [1.82, 2.24) is 9.55 Å². The molecule has 0 unspecified atom stereocenters. The molecule has 1 N–H and O–H groups in total. The highest BCUT2D eigenvalue weighted by Gasteiger charge is 2.06. The Morgan fingerprint density at radius 2 is 2.12 bits per heavy atom. The lowest BCUT2D eigenvalue weighted by molar-refractivity contribution is 0.623. The van der Waals surface area contributed by atoms with Crippen molar-refractivity contribution in [3.63, 3.8) is 0 Å². The predicted octanol–water partition coefficient (Wildman–Crippen LogP) is 1.75. The Hall–Kier alpha value is -1.55. The van der Waals surface area contributed by atoms with Crippen molar-refractivity contribution in [2.24, 2.45) is 0 Å². The number of halogens is 1. The van der Waals surface area contributed by atoms with Crippen LogP contribution in [0.1, 0.15) is 13.3 Å². The second-order valence-electron chi connectivity index (χ2n) is 3.58. The van der Waals surface area contributed by atoms with Gasteiger partial charge in [0.15, 0.2) is 0 Å². The molecule has 1 aromatic heterocycles. The van der Waals surface area contributed by atoms with Crippen LogP contribution in [-0.4, -0.2) is 9.55 Å². The van der Waals surface area contributed by atoms with Gasteiger partial charge >= 0.3 is 5.69 Å². The van der Waals surface area contributed by atoms with E-state index in [9.17, 15) is 9.59 Å². The van der Waals surface area contributed by atoms with Crippen molar-refractivity contribution >= 4 is 22.5 Å². The van der Waals surface area contributed by atoms with E-state index in [4.69, 9.17) is 11.6 Å². The highest BCUT2D eigenvalue weighted by Crippen LogP contribution is 2.13. The average Bonchev–Trinajstić information content (AvgIpc) is 2.23. The van der Waals surface area contributed by atoms with Gasteiger partial charge in [0.05, 0.1) is 10.9 Å². The fourth-order valence-corrected chi connectivity index (χ4v) is 1.83. The van der Waals surface area contributed by atoms with Crippen molar-refractivity contribution in [2.75, 3.05) is 0 Å². The zero-order chi connectivity index (χ0) is 11.7. The van der Waals surface area contributed by atoms with Crippen molar-refractivity contribution in [3.8, 4) is 0 Å². The normalized spacial score (nSPS) is 10.9. The number of H-pyrrole nitrogens is 1. The van der Waals surface area contributed by atoms with Gasteiger partial charge in [0.2, 0.25) is 0 Å². The van der Waals surface area contributed by atoms with E-state index in [1.807, 2.05) is 6.92 Å². The molecule has 0 aliphatic carbocycles. The van der Waals surface area contributed by atoms with Crippen molar-refractivity contribution in [1.29, 1.82) is 0 Å². The topological polar surface area (TPSA) is 54.9 Å². The first-order valence-electron chi connectivity index (χ1n) is 5.06. The van der Waals surface area contributed by atoms with Crippen LogP contribution in [-0.2, 0) is 6.54 Å². The lowest BCUT2D eigenvalue weighted by Gasteiger charge is -2.04. The molecular weight excluding hydrogens is 228 g/mol. The molecule has 0 fully saturated rings. The smallest absolute Gasteiger partial charge is 0.307 e. The highest BCUT2D eigenvalue weighted by atomic mass is 35.5. The molecule has 16 heavy (non-hydrogen) atoms. The molecule has 0 aliphatic heterocycles. The van der Waals surface area contributed by atoms with Crippen LogP contribution in [0.15, 0.2) is 27.8 Å². The monoisotopic (exact) mass is 238 g/mol. The van der Waals surface area contributed by atoms with Crippen LogP contribution in [0.5, 0.6) is 0 Å². The number of benzene rings is 1. The van der Waals surface area contributed by atoms with Crippen LogP contribution in [0.4, 0.5) is 0 Å². The summed E-state index contributed by atoms with van der Waals surface area (Å²) in [5, 5.41) is 0.980. The molecule has 4 nitrogen and oxygen atoms in total. The average molecular weight is 239 g/mol. The van der Waals surface area contributed by atoms with Crippen molar-refractivity contribution in [2.45, 2.75) is 19.9 Å². The van der Waals surface area contributed by atoms with Gasteiger partial charge in [-0.15, -0.1) is 0 Å². The van der Waals surface area contributed by atoms with Gasteiger partial charge in [-0.2, -0.15) is 0 Å². The molecule has 0 saturated carbocycles. The third kappa shape index (κ3) is 1.76. The lowest BCUT2D eigenvalue weighted by Crippen LogP contribution is -2.34. The van der Waals surface area contributed by atoms with E-state index in [1.54, 1.807) is 18.2 Å². The van der Waals surface area contributed by atoms with Gasteiger partial charge in [0.25, 0.3) is 5.56 Å². The van der Waals surface area contributed by atoms with E-state index in [0.29, 0.717) is 22.5 Å². The first-order valence-corrected chi connectivity index (χ1v) is 5.43. The Labute approximate surface area is 96.5 Å². The zero-order valence-corrected chi connectivity index (χ0v) is 9.54. The van der Waals surface area contributed by atoms with Crippen LogP contribution in [0, 0.1) is 0 Å². The first-order chi connectivity index (χ1) is 7.63. The molecule has 1 aromatic carbocycles. The Balaban J connectivity index is 2.84. The van der Waals surface area contributed by atoms with Gasteiger partial charge in [-0.25, -0.2) is 4.79 Å². The quantitative estimate of drug-likeness (QED) is 0.867. The molecule has 1 heterocycles. The minimum atomic E-state index is -0.387. The summed E-state index contributed by atoms with van der Waals surface area (Å²) < 4.78 is 1.20. The summed E-state index contributed by atoms with van der Waals surface area (Å²) in [7, 11) is 0. The molecule has 0 spiro atoms. The predicted molar refractivity (Wildman–Crippen MR) is 64.1 cm³/mol. The van der Waals surface area contributed by atoms with Gasteiger partial charge < -0.3 is 4.98 Å². The molecule has 5 heteroatoms. The third-order valence-corrected chi connectivity index (χ3v) is 2.63. The van der Waals surface area contributed by atoms with Gasteiger partial charge in [-0.3, -0.25) is 9.36 Å². The minimum absolute atomic E-state index is 0.266. The largest absolute Gasteiger partial charge is 0.328 e. The van der Waals surface area contributed by atoms with Crippen LogP contribution in [0.25, 0.3) is 10.9 Å². The maximum atomic E-state index is 12.0. The molecule has 2 aromatic rings. The summed E-state index contributed by atoms with van der Waals surface area (Å²) in [5.41, 5.74) is -0.172. The Kier molecular flexibility index (Phi) is 2.83. The van der Waals surface area contributed by atoms with E-state index in [-0.39, 0.29) is 11.2 Å². The molecule has 0 aliphatic rings. The molecule has 2 rings (SSSR count). The number of hydrogen-bond donors (Lipinski definition) is 1. The number of nitrogens with zero attached hydrogens (tertiary/aromatic N) is 1.